The molecule has 0 unspecified atom stereocenters. The first kappa shape index (κ1) is 23.7. The first-order chi connectivity index (χ1) is 17.2. The van der Waals surface area contributed by atoms with E-state index >= 15 is 0 Å². The van der Waals surface area contributed by atoms with Gasteiger partial charge in [-0.25, -0.2) is 0 Å². The molecule has 1 aliphatic rings. The highest BCUT2D eigenvalue weighted by molar-refractivity contribution is 7.13. The van der Waals surface area contributed by atoms with E-state index in [1.807, 2.05) is 0 Å². The van der Waals surface area contributed by atoms with E-state index in [4.69, 9.17) is 9.63 Å². The van der Waals surface area contributed by atoms with Crippen molar-refractivity contribution in [3.63, 3.8) is 0 Å². The van der Waals surface area contributed by atoms with E-state index in [2.05, 4.69) is 10.1 Å². The molecule has 0 saturated carbocycles. The van der Waals surface area contributed by atoms with Crippen molar-refractivity contribution < 1.29 is 32.4 Å². The molecule has 0 atom stereocenters. The van der Waals surface area contributed by atoms with Crippen molar-refractivity contribution >= 4 is 28.9 Å². The maximum absolute atomic E-state index is 13.8. The Morgan fingerprint density at radius 2 is 1.89 bits per heavy atom. The van der Waals surface area contributed by atoms with Gasteiger partial charge in [-0.3, -0.25) is 9.59 Å². The monoisotopic (exact) mass is 513 g/mol. The third kappa shape index (κ3) is 4.61. The number of carbonyl (C=O) groups excluding carboxylic acids is 1. The molecule has 0 bridgehead atoms. The number of benzene rings is 2. The van der Waals surface area contributed by atoms with Crippen LogP contribution < -0.4 is 4.90 Å². The molecule has 36 heavy (non-hydrogen) atoms. The molecule has 2 aromatic heterocycles. The van der Waals surface area contributed by atoms with Crippen molar-refractivity contribution in [3.05, 3.63) is 65.0 Å². The van der Waals surface area contributed by atoms with Gasteiger partial charge in [-0.1, -0.05) is 17.3 Å². The third-order valence-electron chi connectivity index (χ3n) is 5.87. The van der Waals surface area contributed by atoms with Crippen LogP contribution in [0.2, 0.25) is 0 Å². The number of hydrogen-bond donors (Lipinski definition) is 1. The van der Waals surface area contributed by atoms with Gasteiger partial charge < -0.3 is 14.5 Å². The minimum absolute atomic E-state index is 0.0424. The molecule has 0 spiro atoms. The Bertz CT molecular complexity index is 1450. The van der Waals surface area contributed by atoms with Crippen LogP contribution in [0.3, 0.4) is 0 Å². The summed E-state index contributed by atoms with van der Waals surface area (Å²) in [5, 5.41) is 14.5. The summed E-state index contributed by atoms with van der Waals surface area (Å²) in [6.07, 6.45) is -4.31. The molecule has 1 aliphatic heterocycles. The van der Waals surface area contributed by atoms with Crippen LogP contribution in [0.15, 0.2) is 58.4 Å². The highest BCUT2D eigenvalue weighted by Crippen LogP contribution is 2.41. The van der Waals surface area contributed by atoms with Gasteiger partial charge in [0.2, 0.25) is 11.7 Å². The first-order valence-electron chi connectivity index (χ1n) is 11.0. The highest BCUT2D eigenvalue weighted by Gasteiger charge is 2.35. The smallest absolute Gasteiger partial charge is 0.417 e. The average molecular weight is 513 g/mol. The van der Waals surface area contributed by atoms with Gasteiger partial charge in [0.1, 0.15) is 0 Å². The summed E-state index contributed by atoms with van der Waals surface area (Å²) in [5.41, 5.74) is 1.60. The van der Waals surface area contributed by atoms with E-state index in [0.717, 1.165) is 11.6 Å². The Hall–Kier alpha value is -3.99. The van der Waals surface area contributed by atoms with Gasteiger partial charge in [-0.2, -0.15) is 18.2 Å². The van der Waals surface area contributed by atoms with Crippen molar-refractivity contribution in [2.75, 3.05) is 11.4 Å². The quantitative estimate of drug-likeness (QED) is 0.345. The second kappa shape index (κ2) is 9.23. The number of amides is 1. The third-order valence-corrected chi connectivity index (χ3v) is 6.77. The lowest BCUT2D eigenvalue weighted by atomic mass is 10.0. The van der Waals surface area contributed by atoms with Crippen LogP contribution in [0.25, 0.3) is 33.3 Å². The van der Waals surface area contributed by atoms with Crippen LogP contribution >= 0.6 is 11.3 Å². The van der Waals surface area contributed by atoms with Crippen molar-refractivity contribution in [2.45, 2.75) is 25.4 Å². The lowest BCUT2D eigenvalue weighted by Crippen LogP contribution is -2.29. The summed E-state index contributed by atoms with van der Waals surface area (Å²) in [7, 11) is 0. The Labute approximate surface area is 206 Å². The zero-order valence-corrected chi connectivity index (χ0v) is 19.4. The number of nitrogens with zero attached hydrogens (tertiary/aromatic N) is 3. The predicted molar refractivity (Wildman–Crippen MR) is 126 cm³/mol. The lowest BCUT2D eigenvalue weighted by Gasteiger charge is -2.17. The van der Waals surface area contributed by atoms with E-state index in [-0.39, 0.29) is 41.6 Å². The predicted octanol–water partition coefficient (Wildman–Crippen LogP) is 5.90. The summed E-state index contributed by atoms with van der Waals surface area (Å²) in [5.74, 6) is -1.13. The number of halogens is 3. The lowest BCUT2D eigenvalue weighted by molar-refractivity contribution is -0.138. The Kier molecular flexibility index (Phi) is 6.09. The molecule has 5 rings (SSSR count). The molecule has 4 aromatic rings. The van der Waals surface area contributed by atoms with Crippen molar-refractivity contribution in [1.82, 2.24) is 10.1 Å². The zero-order chi connectivity index (χ0) is 25.4. The molecular formula is C25H18F3N3O4S. The first-order valence-corrected chi connectivity index (χ1v) is 11.8. The van der Waals surface area contributed by atoms with E-state index in [9.17, 15) is 22.8 Å². The summed E-state index contributed by atoms with van der Waals surface area (Å²) in [6.45, 7) is 0.436. The number of carboxylic acid groups (broad SMARTS) is 1. The standard InChI is InChI=1S/C25H18F3N3O4S/c26-25(27,28)18-13-16(3-5-17(18)20-2-1-11-36-20)24-29-23(30-35-24)15-4-6-19-14(12-15)9-10-31(19)21(32)7-8-22(33)34/h1-6,11-13H,7-10H2,(H,33,34). The molecule has 184 valence electrons. The normalized spacial score (nSPS) is 13.1. The summed E-state index contributed by atoms with van der Waals surface area (Å²) in [4.78, 5) is 29.5. The van der Waals surface area contributed by atoms with Crippen LogP contribution in [0.5, 0.6) is 0 Å². The summed E-state index contributed by atoms with van der Waals surface area (Å²) < 4.78 is 46.7. The number of hydrogen-bond acceptors (Lipinski definition) is 6. The number of carboxylic acids is 1. The maximum atomic E-state index is 13.8. The maximum Gasteiger partial charge on any atom is 0.417 e. The van der Waals surface area contributed by atoms with E-state index in [1.54, 1.807) is 40.6 Å². The minimum atomic E-state index is -4.56. The van der Waals surface area contributed by atoms with Gasteiger partial charge in [0.15, 0.2) is 0 Å². The molecule has 0 saturated heterocycles. The second-order valence-corrected chi connectivity index (χ2v) is 9.14. The van der Waals surface area contributed by atoms with Crippen LogP contribution in [0, 0.1) is 0 Å². The average Bonchev–Trinajstić information content (AvgIpc) is 3.62. The molecule has 0 fully saturated rings. The van der Waals surface area contributed by atoms with Crippen LogP contribution in [0.1, 0.15) is 24.0 Å². The van der Waals surface area contributed by atoms with Crippen LogP contribution in [-0.4, -0.2) is 33.7 Å². The Balaban J connectivity index is 1.41. The molecule has 0 aliphatic carbocycles. The highest BCUT2D eigenvalue weighted by atomic mass is 32.1. The molecule has 1 N–H and O–H groups in total. The van der Waals surface area contributed by atoms with Gasteiger partial charge in [-0.15, -0.1) is 11.3 Å². The Morgan fingerprint density at radius 1 is 1.08 bits per heavy atom. The fourth-order valence-corrected chi connectivity index (χ4v) is 4.93. The molecule has 7 nitrogen and oxygen atoms in total. The number of rotatable bonds is 6. The summed E-state index contributed by atoms with van der Waals surface area (Å²) >= 11 is 1.22. The van der Waals surface area contributed by atoms with Gasteiger partial charge in [0.05, 0.1) is 12.0 Å². The molecule has 0 radical (unpaired) electrons. The fraction of sp³-hybridized carbons (Fsp3) is 0.200. The number of anilines is 1. The Morgan fingerprint density at radius 3 is 2.61 bits per heavy atom. The zero-order valence-electron chi connectivity index (χ0n) is 18.6. The summed E-state index contributed by atoms with van der Waals surface area (Å²) in [6, 6.07) is 12.5. The fourth-order valence-electron chi connectivity index (χ4n) is 4.17. The minimum Gasteiger partial charge on any atom is -0.481 e. The van der Waals surface area contributed by atoms with E-state index in [1.165, 1.54) is 23.5 Å². The number of aromatic nitrogens is 2. The SMILES string of the molecule is O=C(O)CCC(=O)N1CCc2cc(-c3noc(-c4ccc(-c5cccs5)c(C(F)(F)F)c4)n3)ccc21. The van der Waals surface area contributed by atoms with Gasteiger partial charge in [0, 0.05) is 40.2 Å². The largest absolute Gasteiger partial charge is 0.481 e. The molecular weight excluding hydrogens is 495 g/mol. The topological polar surface area (TPSA) is 96.5 Å². The number of carbonyl (C=O) groups is 2. The molecule has 2 aromatic carbocycles. The van der Waals surface area contributed by atoms with Gasteiger partial charge in [0.25, 0.3) is 5.89 Å². The van der Waals surface area contributed by atoms with Gasteiger partial charge in [-0.05, 0) is 53.8 Å². The van der Waals surface area contributed by atoms with Crippen molar-refractivity contribution in [3.8, 4) is 33.3 Å². The van der Waals surface area contributed by atoms with Gasteiger partial charge >= 0.3 is 12.1 Å². The number of thiophene rings is 1. The molecule has 11 heteroatoms. The van der Waals surface area contributed by atoms with Crippen molar-refractivity contribution in [1.29, 1.82) is 0 Å². The van der Waals surface area contributed by atoms with Crippen LogP contribution in [0.4, 0.5) is 18.9 Å². The molecule has 3 heterocycles. The van der Waals surface area contributed by atoms with E-state index < -0.39 is 17.7 Å². The molecule has 1 amide bonds. The number of alkyl halides is 3. The van der Waals surface area contributed by atoms with Crippen molar-refractivity contribution in [2.24, 2.45) is 0 Å². The van der Waals surface area contributed by atoms with Crippen LogP contribution in [-0.2, 0) is 22.2 Å². The number of aliphatic carboxylic acids is 1. The van der Waals surface area contributed by atoms with E-state index in [0.29, 0.717) is 29.1 Å². The second-order valence-electron chi connectivity index (χ2n) is 8.19. The number of fused-ring (bicyclic) bond motifs is 1.